The van der Waals surface area contributed by atoms with Crippen molar-refractivity contribution in [1.82, 2.24) is 14.3 Å². The number of sulfonamides is 1. The quantitative estimate of drug-likeness (QED) is 0.0962. The van der Waals surface area contributed by atoms with Crippen LogP contribution in [0.2, 0.25) is 0 Å². The van der Waals surface area contributed by atoms with Gasteiger partial charge in [0.25, 0.3) is 15.9 Å². The number of methoxy groups -OCH3 is 1. The molecule has 1 aromatic heterocycles. The number of anilines is 1. The number of carbonyl (C=O) groups is 2. The second kappa shape index (κ2) is 16.3. The van der Waals surface area contributed by atoms with Crippen LogP contribution in [0.15, 0.2) is 62.6 Å². The fourth-order valence-corrected chi connectivity index (χ4v) is 5.04. The predicted octanol–water partition coefficient (Wildman–Crippen LogP) is -1.28. The van der Waals surface area contributed by atoms with E-state index in [9.17, 15) is 27.9 Å². The molecular weight excluding hydrogens is 652 g/mol. The van der Waals surface area contributed by atoms with Crippen molar-refractivity contribution in [2.24, 2.45) is 11.4 Å². The molecule has 2 heterocycles. The van der Waals surface area contributed by atoms with Gasteiger partial charge in [0.1, 0.15) is 23.3 Å². The number of fused-ring (bicyclic) bond motifs is 1. The average molecular weight is 680 g/mol. The zero-order valence-electron chi connectivity index (χ0n) is 24.5. The van der Waals surface area contributed by atoms with Gasteiger partial charge in [0, 0.05) is 7.05 Å². The van der Waals surface area contributed by atoms with Crippen LogP contribution in [0.25, 0.3) is 0 Å². The van der Waals surface area contributed by atoms with E-state index in [-0.39, 0.29) is 64.4 Å². The number of esters is 1. The molecule has 0 aliphatic carbocycles. The molecule has 3 aromatic rings. The molecule has 14 nitrogen and oxygen atoms in total. The number of nitrogens with zero attached hydrogens (tertiary/aromatic N) is 5. The first-order chi connectivity index (χ1) is 20.3. The van der Waals surface area contributed by atoms with Gasteiger partial charge in [-0.15, -0.1) is 5.10 Å². The Balaban J connectivity index is 0.000000338. The van der Waals surface area contributed by atoms with Gasteiger partial charge in [-0.3, -0.25) is 4.79 Å². The first kappa shape index (κ1) is 37.1. The van der Waals surface area contributed by atoms with E-state index in [1.165, 1.54) is 25.2 Å². The van der Waals surface area contributed by atoms with E-state index < -0.39 is 37.4 Å². The molecule has 0 N–H and O–H groups in total. The molecule has 1 atom stereocenters. The fourth-order valence-electron chi connectivity index (χ4n) is 3.77. The van der Waals surface area contributed by atoms with E-state index in [4.69, 9.17) is 32.7 Å². The Hall–Kier alpha value is -3.08. The second-order valence-electron chi connectivity index (χ2n) is 8.86. The molecule has 2 aromatic carbocycles. The number of para-hydroxylation sites is 2. The smallest absolute Gasteiger partial charge is 0.844 e. The van der Waals surface area contributed by atoms with Crippen LogP contribution in [-0.4, -0.2) is 71.9 Å². The predicted molar refractivity (Wildman–Crippen MR) is 155 cm³/mol. The Morgan fingerprint density at radius 1 is 1.18 bits per heavy atom. The zero-order valence-corrected chi connectivity index (χ0v) is 28.8. The van der Waals surface area contributed by atoms with E-state index in [2.05, 4.69) is 14.2 Å². The van der Waals surface area contributed by atoms with Crippen molar-refractivity contribution in [3.8, 4) is 11.8 Å². The Morgan fingerprint density at radius 3 is 2.45 bits per heavy atom. The van der Waals surface area contributed by atoms with Crippen LogP contribution in [0.3, 0.4) is 0 Å². The molecule has 0 fully saturated rings. The largest absolute Gasteiger partial charge is 1.00 e. The molecule has 1 unspecified atom stereocenters. The standard InChI is InChI=1S/C15H18N4O7S.C11H11Cl2NO2.Na/c1-4-9-26-14-16-19(15(22)18(14)2)13(21)17-27(23,24)11-8-6-5-7-10(11)12(20)25-3;1-7-6-16-9-5-3-2-4-8(9)14(7)11(15)10(12)13;/h5-8H,4,9H2,1-3H3,(H,17,21);2-5,7,10H,6H2,1H3;/q;;+1/p-1. The molecule has 0 bridgehead atoms. The number of benzene rings is 2. The van der Waals surface area contributed by atoms with Crippen molar-refractivity contribution in [3.05, 3.63) is 64.6 Å². The minimum Gasteiger partial charge on any atom is -0.844 e. The summed E-state index contributed by atoms with van der Waals surface area (Å²) in [5.41, 5.74) is -0.499. The number of alkyl halides is 2. The summed E-state index contributed by atoms with van der Waals surface area (Å²) < 4.78 is 44.4. The summed E-state index contributed by atoms with van der Waals surface area (Å²) >= 11 is 11.3. The molecule has 0 saturated heterocycles. The number of halogens is 2. The number of ether oxygens (including phenoxy) is 3. The van der Waals surface area contributed by atoms with Crippen LogP contribution in [0.1, 0.15) is 30.6 Å². The van der Waals surface area contributed by atoms with E-state index in [0.717, 1.165) is 23.4 Å². The molecular formula is C26H28Cl2N5NaO9S. The van der Waals surface area contributed by atoms with Crippen molar-refractivity contribution in [3.63, 3.8) is 0 Å². The SMILES string of the molecule is CC1COc2ccccc2N1C(=O)C(Cl)Cl.CCCOc1nn(C([O-])=NS(=O)(=O)c2ccccc2C(=O)OC)c(=O)n1C.[Na+]. The van der Waals surface area contributed by atoms with Gasteiger partial charge < -0.3 is 24.2 Å². The van der Waals surface area contributed by atoms with E-state index in [1.54, 1.807) is 4.90 Å². The third-order valence-electron chi connectivity index (χ3n) is 5.80. The Kier molecular flexibility index (Phi) is 13.7. The fraction of sp³-hybridized carbons (Fsp3) is 0.346. The maximum absolute atomic E-state index is 12.5. The van der Waals surface area contributed by atoms with Crippen molar-refractivity contribution in [2.75, 3.05) is 25.2 Å². The number of hydrogen-bond donors (Lipinski definition) is 0. The maximum atomic E-state index is 12.5. The molecule has 18 heteroatoms. The van der Waals surface area contributed by atoms with Gasteiger partial charge in [0.2, 0.25) is 0 Å². The van der Waals surface area contributed by atoms with Gasteiger partial charge in [-0.05, 0) is 37.6 Å². The van der Waals surface area contributed by atoms with Gasteiger partial charge in [-0.25, -0.2) is 14.2 Å². The molecule has 1 aliphatic rings. The molecule has 0 radical (unpaired) electrons. The minimum absolute atomic E-state index is 0. The normalized spacial score (nSPS) is 14.4. The Bertz CT molecular complexity index is 1680. The summed E-state index contributed by atoms with van der Waals surface area (Å²) in [7, 11) is -2.21. The molecule has 0 spiro atoms. The van der Waals surface area contributed by atoms with Gasteiger partial charge in [-0.1, -0.05) is 54.4 Å². The second-order valence-corrected chi connectivity index (χ2v) is 11.5. The van der Waals surface area contributed by atoms with Gasteiger partial charge in [-0.2, -0.15) is 17.5 Å². The maximum Gasteiger partial charge on any atom is 1.00 e. The third kappa shape index (κ3) is 8.55. The van der Waals surface area contributed by atoms with Crippen molar-refractivity contribution >= 4 is 56.8 Å². The summed E-state index contributed by atoms with van der Waals surface area (Å²) in [4.78, 5) is 35.7. The first-order valence-corrected chi connectivity index (χ1v) is 15.0. The topological polar surface area (TPSA) is 174 Å². The zero-order chi connectivity index (χ0) is 31.9. The van der Waals surface area contributed by atoms with Crippen LogP contribution >= 0.6 is 23.2 Å². The van der Waals surface area contributed by atoms with Crippen LogP contribution < -0.4 is 54.7 Å². The van der Waals surface area contributed by atoms with Gasteiger partial charge >= 0.3 is 47.2 Å². The molecule has 0 saturated carbocycles. The molecule has 1 amide bonds. The summed E-state index contributed by atoms with van der Waals surface area (Å²) in [5, 5.41) is 15.9. The number of aromatic nitrogens is 3. The number of amides is 1. The van der Waals surface area contributed by atoms with Crippen molar-refractivity contribution in [1.29, 1.82) is 0 Å². The molecule has 1 aliphatic heterocycles. The summed E-state index contributed by atoms with van der Waals surface area (Å²) in [6, 6.07) is 10.8. The van der Waals surface area contributed by atoms with Crippen LogP contribution in [0.5, 0.6) is 11.8 Å². The minimum atomic E-state index is -4.61. The third-order valence-corrected chi connectivity index (χ3v) is 7.48. The summed E-state index contributed by atoms with van der Waals surface area (Å²) in [6.07, 6.45) is 0.637. The number of rotatable bonds is 7. The van der Waals surface area contributed by atoms with Crippen LogP contribution in [0.4, 0.5) is 5.69 Å². The molecule has 44 heavy (non-hydrogen) atoms. The number of hydrogen-bond acceptors (Lipinski definition) is 10. The summed E-state index contributed by atoms with van der Waals surface area (Å²) in [5.74, 6) is -0.545. The van der Waals surface area contributed by atoms with E-state index in [1.807, 2.05) is 38.1 Å². The average Bonchev–Trinajstić information content (AvgIpc) is 3.28. The summed E-state index contributed by atoms with van der Waals surface area (Å²) in [6.45, 7) is 4.43. The van der Waals surface area contributed by atoms with Crippen LogP contribution in [-0.2, 0) is 26.6 Å². The van der Waals surface area contributed by atoms with E-state index in [0.29, 0.717) is 18.8 Å². The van der Waals surface area contributed by atoms with Crippen molar-refractivity contribution in [2.45, 2.75) is 36.0 Å². The Labute approximate surface area is 285 Å². The first-order valence-electron chi connectivity index (χ1n) is 12.7. The van der Waals surface area contributed by atoms with Crippen molar-refractivity contribution < 1.29 is 66.9 Å². The Morgan fingerprint density at radius 2 is 1.82 bits per heavy atom. The molecule has 4 rings (SSSR count). The van der Waals surface area contributed by atoms with E-state index >= 15 is 0 Å². The monoisotopic (exact) mass is 679 g/mol. The van der Waals surface area contributed by atoms with Crippen LogP contribution in [0, 0.1) is 0 Å². The number of carbonyl (C=O) groups excluding carboxylic acids is 2. The van der Waals surface area contributed by atoms with Gasteiger partial charge in [0.15, 0.2) is 4.84 Å². The van der Waals surface area contributed by atoms with Gasteiger partial charge in [0.05, 0.1) is 31.0 Å². The molecule has 232 valence electrons.